The highest BCUT2D eigenvalue weighted by atomic mass is 35.5. The Kier molecular flexibility index (Phi) is 10.1. The van der Waals surface area contributed by atoms with Gasteiger partial charge in [0, 0.05) is 23.7 Å². The number of hydrogen-bond donors (Lipinski definition) is 1. The van der Waals surface area contributed by atoms with E-state index in [1.54, 1.807) is 37.3 Å². The normalized spacial score (nSPS) is 12.1. The number of rotatable bonds is 11. The summed E-state index contributed by atoms with van der Waals surface area (Å²) in [5, 5.41) is 3.05. The predicted octanol–water partition coefficient (Wildman–Crippen LogP) is 5.23. The third kappa shape index (κ3) is 7.36. The predicted molar refractivity (Wildman–Crippen MR) is 152 cm³/mol. The van der Waals surface area contributed by atoms with Crippen LogP contribution in [0.5, 0.6) is 0 Å². The zero-order valence-electron chi connectivity index (χ0n) is 22.4. The number of nitrogens with zero attached hydrogens (tertiary/aromatic N) is 2. The molecule has 0 bridgehead atoms. The van der Waals surface area contributed by atoms with Gasteiger partial charge in [0.15, 0.2) is 0 Å². The van der Waals surface area contributed by atoms with Crippen molar-refractivity contribution in [2.75, 3.05) is 17.4 Å². The van der Waals surface area contributed by atoms with Crippen LogP contribution >= 0.6 is 11.6 Å². The summed E-state index contributed by atoms with van der Waals surface area (Å²) in [4.78, 5) is 27.9. The van der Waals surface area contributed by atoms with E-state index >= 15 is 0 Å². The van der Waals surface area contributed by atoms with Gasteiger partial charge < -0.3 is 10.2 Å². The Bertz CT molecular complexity index is 1430. The monoisotopic (exact) mass is 573 g/mol. The third-order valence-electron chi connectivity index (χ3n) is 6.34. The lowest BCUT2D eigenvalue weighted by molar-refractivity contribution is -0.139. The van der Waals surface area contributed by atoms with Crippen LogP contribution in [0, 0.1) is 19.7 Å². The zero-order valence-corrected chi connectivity index (χ0v) is 24.0. The van der Waals surface area contributed by atoms with Crippen molar-refractivity contribution in [3.63, 3.8) is 0 Å². The van der Waals surface area contributed by atoms with Gasteiger partial charge in [0.2, 0.25) is 11.8 Å². The van der Waals surface area contributed by atoms with E-state index in [0.717, 1.165) is 9.87 Å². The molecular formula is C29H33ClFN3O4S. The maximum atomic E-state index is 14.6. The van der Waals surface area contributed by atoms with E-state index in [2.05, 4.69) is 5.32 Å². The van der Waals surface area contributed by atoms with Gasteiger partial charge >= 0.3 is 0 Å². The molecule has 0 saturated carbocycles. The molecule has 0 saturated heterocycles. The standard InChI is InChI=1S/C29H33ClFN3O4S/c1-5-16-32-29(36)22(4)33(18-23-8-6-7-9-26(23)31)28(35)19-34(27-17-24(30)13-12-21(27)3)39(37,38)25-14-10-20(2)11-15-25/h6-15,17,22H,5,16,18-19H2,1-4H3,(H,32,36)/t22-/m1/s1. The minimum Gasteiger partial charge on any atom is -0.354 e. The molecule has 10 heteroatoms. The van der Waals surface area contributed by atoms with Crippen molar-refractivity contribution in [1.29, 1.82) is 0 Å². The molecule has 1 atom stereocenters. The second-order valence-electron chi connectivity index (χ2n) is 9.34. The van der Waals surface area contributed by atoms with E-state index < -0.39 is 40.2 Å². The van der Waals surface area contributed by atoms with Crippen LogP contribution in [0.4, 0.5) is 10.1 Å². The molecule has 0 aromatic heterocycles. The van der Waals surface area contributed by atoms with Crippen LogP contribution in [0.2, 0.25) is 5.02 Å². The molecule has 0 unspecified atom stereocenters. The van der Waals surface area contributed by atoms with Crippen LogP contribution < -0.4 is 9.62 Å². The van der Waals surface area contributed by atoms with Crippen molar-refractivity contribution in [2.24, 2.45) is 0 Å². The molecule has 7 nitrogen and oxygen atoms in total. The van der Waals surface area contributed by atoms with Gasteiger partial charge in [-0.15, -0.1) is 0 Å². The van der Waals surface area contributed by atoms with E-state index in [0.29, 0.717) is 23.6 Å². The molecule has 0 aliphatic carbocycles. The molecule has 3 aromatic carbocycles. The van der Waals surface area contributed by atoms with Gasteiger partial charge in [0.25, 0.3) is 10.0 Å². The van der Waals surface area contributed by atoms with Crippen LogP contribution in [0.25, 0.3) is 0 Å². The fraction of sp³-hybridized carbons (Fsp3) is 0.310. The number of benzene rings is 3. The van der Waals surface area contributed by atoms with Gasteiger partial charge in [-0.05, 0) is 63.1 Å². The summed E-state index contributed by atoms with van der Waals surface area (Å²) >= 11 is 6.23. The highest BCUT2D eigenvalue weighted by Gasteiger charge is 2.33. The minimum atomic E-state index is -4.23. The van der Waals surface area contributed by atoms with Crippen molar-refractivity contribution in [3.05, 3.63) is 94.3 Å². The first-order chi connectivity index (χ1) is 18.4. The summed E-state index contributed by atoms with van der Waals surface area (Å²) in [6.07, 6.45) is 0.691. The average Bonchev–Trinajstić information content (AvgIpc) is 2.91. The lowest BCUT2D eigenvalue weighted by Gasteiger charge is -2.32. The molecule has 1 N–H and O–H groups in total. The van der Waals surface area contributed by atoms with Crippen LogP contribution in [-0.4, -0.2) is 44.3 Å². The summed E-state index contributed by atoms with van der Waals surface area (Å²) in [6.45, 7) is 6.54. The van der Waals surface area contributed by atoms with Crippen molar-refractivity contribution < 1.29 is 22.4 Å². The Morgan fingerprint density at radius 2 is 1.69 bits per heavy atom. The van der Waals surface area contributed by atoms with Gasteiger partial charge in [-0.1, -0.05) is 60.5 Å². The number of carbonyl (C=O) groups is 2. The van der Waals surface area contributed by atoms with Crippen LogP contribution in [0.3, 0.4) is 0 Å². The molecule has 3 aromatic rings. The second-order valence-corrected chi connectivity index (χ2v) is 11.6. The van der Waals surface area contributed by atoms with Gasteiger partial charge in [-0.3, -0.25) is 13.9 Å². The van der Waals surface area contributed by atoms with Gasteiger partial charge in [-0.2, -0.15) is 0 Å². The van der Waals surface area contributed by atoms with Gasteiger partial charge in [0.05, 0.1) is 10.6 Å². The molecule has 39 heavy (non-hydrogen) atoms. The number of sulfonamides is 1. The molecule has 0 heterocycles. The highest BCUT2D eigenvalue weighted by Crippen LogP contribution is 2.30. The molecule has 3 rings (SSSR count). The van der Waals surface area contributed by atoms with Crippen LogP contribution in [0.1, 0.15) is 37.0 Å². The lowest BCUT2D eigenvalue weighted by Crippen LogP contribution is -2.51. The highest BCUT2D eigenvalue weighted by molar-refractivity contribution is 7.92. The number of carbonyl (C=O) groups excluding carboxylic acids is 2. The van der Waals surface area contributed by atoms with Gasteiger partial charge in [0.1, 0.15) is 18.4 Å². The molecule has 0 spiro atoms. The van der Waals surface area contributed by atoms with E-state index in [4.69, 9.17) is 11.6 Å². The summed E-state index contributed by atoms with van der Waals surface area (Å²) in [5.74, 6) is -1.63. The lowest BCUT2D eigenvalue weighted by atomic mass is 10.1. The Labute approximate surface area is 234 Å². The third-order valence-corrected chi connectivity index (χ3v) is 8.35. The first kappa shape index (κ1) is 30.1. The minimum absolute atomic E-state index is 0.00494. The Balaban J connectivity index is 2.07. The SMILES string of the molecule is CCCNC(=O)[C@@H](C)N(Cc1ccccc1F)C(=O)CN(c1cc(Cl)ccc1C)S(=O)(=O)c1ccc(C)cc1. The van der Waals surface area contributed by atoms with E-state index in [9.17, 15) is 22.4 Å². The van der Waals surface area contributed by atoms with E-state index in [1.165, 1.54) is 48.2 Å². The fourth-order valence-electron chi connectivity index (χ4n) is 3.99. The number of anilines is 1. The van der Waals surface area contributed by atoms with Crippen LogP contribution in [0.15, 0.2) is 71.6 Å². The fourth-order valence-corrected chi connectivity index (χ4v) is 5.63. The van der Waals surface area contributed by atoms with Crippen molar-refractivity contribution in [3.8, 4) is 0 Å². The number of halogens is 2. The summed E-state index contributed by atoms with van der Waals surface area (Å²) in [6, 6.07) is 16.0. The Hall–Kier alpha value is -3.43. The maximum Gasteiger partial charge on any atom is 0.264 e. The van der Waals surface area contributed by atoms with E-state index in [-0.39, 0.29) is 22.7 Å². The molecule has 2 amide bonds. The van der Waals surface area contributed by atoms with Crippen molar-refractivity contribution in [1.82, 2.24) is 10.2 Å². The number of amides is 2. The molecule has 0 aliphatic heterocycles. The average molecular weight is 574 g/mol. The molecule has 0 fully saturated rings. The summed E-state index contributed by atoms with van der Waals surface area (Å²) in [5.41, 5.74) is 1.88. The van der Waals surface area contributed by atoms with Gasteiger partial charge in [-0.25, -0.2) is 12.8 Å². The molecule has 0 radical (unpaired) electrons. The Morgan fingerprint density at radius 1 is 1.03 bits per heavy atom. The molecule has 0 aliphatic rings. The summed E-state index contributed by atoms with van der Waals surface area (Å²) < 4.78 is 43.4. The second kappa shape index (κ2) is 13.1. The van der Waals surface area contributed by atoms with Crippen molar-refractivity contribution in [2.45, 2.75) is 51.6 Å². The molecule has 208 valence electrons. The van der Waals surface area contributed by atoms with Crippen LogP contribution in [-0.2, 0) is 26.2 Å². The van der Waals surface area contributed by atoms with E-state index in [1.807, 2.05) is 13.8 Å². The first-order valence-corrected chi connectivity index (χ1v) is 14.4. The Morgan fingerprint density at radius 3 is 2.33 bits per heavy atom. The summed E-state index contributed by atoms with van der Waals surface area (Å²) in [7, 11) is -4.23. The molecular weight excluding hydrogens is 541 g/mol. The number of nitrogens with one attached hydrogen (secondary N) is 1. The number of aryl methyl sites for hydroxylation is 2. The van der Waals surface area contributed by atoms with Crippen molar-refractivity contribution >= 4 is 39.1 Å². The largest absolute Gasteiger partial charge is 0.354 e. The maximum absolute atomic E-state index is 14.6. The smallest absolute Gasteiger partial charge is 0.264 e. The topological polar surface area (TPSA) is 86.8 Å². The number of hydrogen-bond acceptors (Lipinski definition) is 4. The quantitative estimate of drug-likeness (QED) is 0.340. The first-order valence-electron chi connectivity index (χ1n) is 12.6. The zero-order chi connectivity index (χ0) is 28.7.